The van der Waals surface area contributed by atoms with Crippen molar-refractivity contribution in [3.63, 3.8) is 0 Å². The summed E-state index contributed by atoms with van der Waals surface area (Å²) in [4.78, 5) is 0. The third kappa shape index (κ3) is 2.74. The van der Waals surface area contributed by atoms with Gasteiger partial charge in [-0.15, -0.1) is 0 Å². The van der Waals surface area contributed by atoms with Crippen molar-refractivity contribution in [3.05, 3.63) is 33.8 Å². The maximum Gasteiger partial charge on any atom is 0.229 e. The van der Waals surface area contributed by atoms with Crippen LogP contribution in [-0.4, -0.2) is 19.6 Å². The summed E-state index contributed by atoms with van der Waals surface area (Å²) in [7, 11) is -3.67. The van der Waals surface area contributed by atoms with Crippen molar-refractivity contribution in [2.24, 2.45) is 0 Å². The van der Waals surface area contributed by atoms with Crippen molar-refractivity contribution < 1.29 is 8.76 Å². The zero-order valence-corrected chi connectivity index (χ0v) is 11.2. The predicted octanol–water partition coefficient (Wildman–Crippen LogP) is 3.57. The third-order valence-corrected chi connectivity index (χ3v) is 4.66. The van der Waals surface area contributed by atoms with Gasteiger partial charge in [0.25, 0.3) is 0 Å². The number of hydrogen-bond acceptors (Lipinski definition) is 2. The van der Waals surface area contributed by atoms with Crippen LogP contribution in [0.1, 0.15) is 24.4 Å². The molecule has 0 bridgehead atoms. The van der Waals surface area contributed by atoms with Crippen LogP contribution in [0.4, 0.5) is 0 Å². The molecular formula is C10H12Cl2N2O2S. The summed E-state index contributed by atoms with van der Waals surface area (Å²) >= 11 is 11.7. The molecule has 1 aromatic rings. The molecule has 0 aromatic heterocycles. The molecule has 2 N–H and O–H groups in total. The largest absolute Gasteiger partial charge is 0.289 e. The molecule has 0 amide bonds. The lowest BCUT2D eigenvalue weighted by Crippen LogP contribution is -2.28. The van der Waals surface area contributed by atoms with Gasteiger partial charge in [0.1, 0.15) is 0 Å². The molecule has 7 heteroatoms. The molecule has 0 radical (unpaired) electrons. The van der Waals surface area contributed by atoms with Crippen molar-refractivity contribution in [2.45, 2.75) is 18.9 Å². The van der Waals surface area contributed by atoms with Crippen LogP contribution in [0.2, 0.25) is 10.0 Å². The molecule has 2 rings (SSSR count). The first-order chi connectivity index (χ1) is 7.89. The van der Waals surface area contributed by atoms with Crippen LogP contribution in [0.15, 0.2) is 18.2 Å². The SMILES string of the molecule is N=S(=O)(O)N1CCCC1c1ccc(Cl)c(Cl)c1. The van der Waals surface area contributed by atoms with Gasteiger partial charge in [0.05, 0.1) is 16.1 Å². The lowest BCUT2D eigenvalue weighted by atomic mass is 10.1. The topological polar surface area (TPSA) is 64.4 Å². The van der Waals surface area contributed by atoms with Crippen LogP contribution in [0.3, 0.4) is 0 Å². The van der Waals surface area contributed by atoms with E-state index in [9.17, 15) is 8.76 Å². The van der Waals surface area contributed by atoms with E-state index in [-0.39, 0.29) is 6.04 Å². The van der Waals surface area contributed by atoms with E-state index < -0.39 is 10.2 Å². The lowest BCUT2D eigenvalue weighted by molar-refractivity contribution is 0.371. The molecule has 2 atom stereocenters. The first-order valence-corrected chi connectivity index (χ1v) is 7.35. The summed E-state index contributed by atoms with van der Waals surface area (Å²) in [6.45, 7) is 0.448. The fourth-order valence-corrected chi connectivity index (χ4v) is 3.34. The first-order valence-electron chi connectivity index (χ1n) is 5.12. The second-order valence-electron chi connectivity index (χ2n) is 3.97. The average Bonchev–Trinajstić information content (AvgIpc) is 2.70. The number of nitrogens with zero attached hydrogens (tertiary/aromatic N) is 1. The molecule has 1 aromatic carbocycles. The molecule has 2 unspecified atom stereocenters. The highest BCUT2D eigenvalue weighted by Gasteiger charge is 2.32. The summed E-state index contributed by atoms with van der Waals surface area (Å²) in [5.74, 6) is 0. The lowest BCUT2D eigenvalue weighted by Gasteiger charge is -2.23. The van der Waals surface area contributed by atoms with Gasteiger partial charge in [-0.2, -0.15) is 4.31 Å². The van der Waals surface area contributed by atoms with Crippen molar-refractivity contribution >= 4 is 33.4 Å². The molecule has 0 spiro atoms. The van der Waals surface area contributed by atoms with Gasteiger partial charge in [-0.25, -0.2) is 8.99 Å². The van der Waals surface area contributed by atoms with Crippen molar-refractivity contribution in [1.82, 2.24) is 4.31 Å². The molecule has 1 aliphatic heterocycles. The van der Waals surface area contributed by atoms with E-state index in [4.69, 9.17) is 28.0 Å². The van der Waals surface area contributed by atoms with E-state index in [1.807, 2.05) is 0 Å². The van der Waals surface area contributed by atoms with Gasteiger partial charge in [-0.05, 0) is 30.5 Å². The highest BCUT2D eigenvalue weighted by atomic mass is 35.5. The van der Waals surface area contributed by atoms with Crippen molar-refractivity contribution in [3.8, 4) is 0 Å². The zero-order valence-electron chi connectivity index (χ0n) is 8.90. The van der Waals surface area contributed by atoms with Crippen LogP contribution in [-0.2, 0) is 10.2 Å². The minimum Gasteiger partial charge on any atom is -0.289 e. The Kier molecular flexibility index (Phi) is 3.66. The van der Waals surface area contributed by atoms with Crippen LogP contribution < -0.4 is 0 Å². The summed E-state index contributed by atoms with van der Waals surface area (Å²) in [5, 5.41) is 0.876. The van der Waals surface area contributed by atoms with Gasteiger partial charge in [0.2, 0.25) is 10.2 Å². The molecule has 0 aliphatic carbocycles. The van der Waals surface area contributed by atoms with Crippen molar-refractivity contribution in [1.29, 1.82) is 4.78 Å². The second kappa shape index (κ2) is 4.74. The van der Waals surface area contributed by atoms with E-state index in [1.165, 1.54) is 4.31 Å². The van der Waals surface area contributed by atoms with Crippen LogP contribution in [0, 0.1) is 4.78 Å². The zero-order chi connectivity index (χ0) is 12.6. The normalized spacial score (nSPS) is 24.8. The first kappa shape index (κ1) is 13.1. The second-order valence-corrected chi connectivity index (χ2v) is 6.25. The quantitative estimate of drug-likeness (QED) is 0.876. The molecule has 1 aliphatic rings. The number of halogens is 2. The van der Waals surface area contributed by atoms with Crippen LogP contribution >= 0.6 is 23.2 Å². The molecular weight excluding hydrogens is 283 g/mol. The number of nitrogens with one attached hydrogen (secondary N) is 1. The smallest absolute Gasteiger partial charge is 0.229 e. The predicted molar refractivity (Wildman–Crippen MR) is 68.6 cm³/mol. The van der Waals surface area contributed by atoms with E-state index in [0.29, 0.717) is 16.6 Å². The van der Waals surface area contributed by atoms with Crippen molar-refractivity contribution in [2.75, 3.05) is 6.54 Å². The Morgan fingerprint density at radius 1 is 1.41 bits per heavy atom. The summed E-state index contributed by atoms with van der Waals surface area (Å²) in [6, 6.07) is 4.90. The van der Waals surface area contributed by atoms with Crippen LogP contribution in [0.25, 0.3) is 0 Å². The van der Waals surface area contributed by atoms with Gasteiger partial charge in [-0.1, -0.05) is 29.3 Å². The minimum absolute atomic E-state index is 0.236. The monoisotopic (exact) mass is 294 g/mol. The summed E-state index contributed by atoms with van der Waals surface area (Å²) in [5.41, 5.74) is 0.825. The number of rotatable bonds is 2. The Labute approximate surface area is 110 Å². The number of hydrogen-bond donors (Lipinski definition) is 2. The van der Waals surface area contributed by atoms with E-state index in [2.05, 4.69) is 0 Å². The van der Waals surface area contributed by atoms with Gasteiger partial charge in [-0.3, -0.25) is 4.55 Å². The van der Waals surface area contributed by atoms with Crippen LogP contribution in [0.5, 0.6) is 0 Å². The Balaban J connectivity index is 2.36. The molecule has 1 fully saturated rings. The van der Waals surface area contributed by atoms with Gasteiger partial charge in [0.15, 0.2) is 0 Å². The average molecular weight is 295 g/mol. The highest BCUT2D eigenvalue weighted by Crippen LogP contribution is 2.36. The maximum atomic E-state index is 11.4. The summed E-state index contributed by atoms with van der Waals surface area (Å²) < 4.78 is 29.3. The molecule has 0 saturated carbocycles. The van der Waals surface area contributed by atoms with E-state index in [0.717, 1.165) is 18.4 Å². The number of benzene rings is 1. The van der Waals surface area contributed by atoms with E-state index >= 15 is 0 Å². The molecule has 94 valence electrons. The summed E-state index contributed by atoms with van der Waals surface area (Å²) in [6.07, 6.45) is 1.54. The molecule has 1 saturated heterocycles. The maximum absolute atomic E-state index is 11.4. The Morgan fingerprint density at radius 2 is 2.12 bits per heavy atom. The molecule has 1 heterocycles. The fraction of sp³-hybridized carbons (Fsp3) is 0.400. The van der Waals surface area contributed by atoms with Gasteiger partial charge >= 0.3 is 0 Å². The third-order valence-electron chi connectivity index (χ3n) is 2.85. The Bertz CT molecular complexity index is 533. The Hall–Kier alpha value is -0.330. The standard InChI is InChI=1S/C10H12Cl2N2O2S/c11-8-4-3-7(6-9(8)12)10-2-1-5-14(10)17(13,15)16/h3-4,6,10H,1-2,5H2,(H2,13,15,16). The van der Waals surface area contributed by atoms with Gasteiger partial charge in [0, 0.05) is 6.54 Å². The highest BCUT2D eigenvalue weighted by molar-refractivity contribution is 7.84. The molecule has 4 nitrogen and oxygen atoms in total. The molecule has 17 heavy (non-hydrogen) atoms. The Morgan fingerprint density at radius 3 is 2.71 bits per heavy atom. The van der Waals surface area contributed by atoms with E-state index in [1.54, 1.807) is 18.2 Å². The fourth-order valence-electron chi connectivity index (χ4n) is 2.09. The minimum atomic E-state index is -3.67. The van der Waals surface area contributed by atoms with Gasteiger partial charge < -0.3 is 0 Å².